The fraction of sp³-hybridized carbons (Fsp3) is 0.350. The van der Waals surface area contributed by atoms with Crippen molar-refractivity contribution in [1.29, 1.82) is 0 Å². The van der Waals surface area contributed by atoms with E-state index >= 15 is 0 Å². The van der Waals surface area contributed by atoms with Gasteiger partial charge in [-0.3, -0.25) is 9.69 Å². The molecule has 4 rings (SSSR count). The van der Waals surface area contributed by atoms with E-state index in [0.717, 1.165) is 37.2 Å². The fourth-order valence-electron chi connectivity index (χ4n) is 4.03. The summed E-state index contributed by atoms with van der Waals surface area (Å²) in [5.74, 6) is 0.118. The van der Waals surface area contributed by atoms with Crippen LogP contribution in [0.25, 0.3) is 0 Å². The van der Waals surface area contributed by atoms with Gasteiger partial charge >= 0.3 is 0 Å². The van der Waals surface area contributed by atoms with E-state index in [1.807, 2.05) is 36.4 Å². The number of piperidine rings is 1. The second kappa shape index (κ2) is 6.58. The minimum absolute atomic E-state index is 0.0201. The van der Waals surface area contributed by atoms with Gasteiger partial charge in [-0.15, -0.1) is 0 Å². The van der Waals surface area contributed by atoms with Crippen molar-refractivity contribution >= 4 is 23.2 Å². The third-order valence-corrected chi connectivity index (χ3v) is 5.37. The minimum Gasteiger partial charge on any atom is -0.324 e. The van der Waals surface area contributed by atoms with Crippen LogP contribution in [0, 0.1) is 0 Å². The highest BCUT2D eigenvalue weighted by molar-refractivity contribution is 6.30. The first-order valence-electron chi connectivity index (χ1n) is 8.63. The van der Waals surface area contributed by atoms with Crippen LogP contribution in [0.15, 0.2) is 48.5 Å². The number of hydrogen-bond donors (Lipinski definition) is 1. The maximum absolute atomic E-state index is 12.9. The van der Waals surface area contributed by atoms with Crippen LogP contribution < -0.4 is 5.32 Å². The quantitative estimate of drug-likeness (QED) is 0.885. The lowest BCUT2D eigenvalue weighted by Gasteiger charge is -2.41. The van der Waals surface area contributed by atoms with Crippen molar-refractivity contribution in [3.05, 3.63) is 64.7 Å². The molecule has 2 aliphatic heterocycles. The van der Waals surface area contributed by atoms with E-state index in [1.165, 1.54) is 12.0 Å². The summed E-state index contributed by atoms with van der Waals surface area (Å²) in [6, 6.07) is 15.9. The second-order valence-corrected chi connectivity index (χ2v) is 7.09. The standard InChI is InChI=1S/C20H21ClN2O/c21-15-9-10-17-16(13-15)18(14-7-3-1-4-8-14)19(20(24)22-17)23-11-5-2-6-12-23/h1,3-4,7-10,13,18-19H,2,5-6,11-12H2,(H,22,24)/t18-,19+/m0/s1. The van der Waals surface area contributed by atoms with Gasteiger partial charge < -0.3 is 5.32 Å². The second-order valence-electron chi connectivity index (χ2n) is 6.65. The molecule has 2 heterocycles. The zero-order valence-corrected chi connectivity index (χ0v) is 14.3. The van der Waals surface area contributed by atoms with Crippen molar-refractivity contribution < 1.29 is 4.79 Å². The summed E-state index contributed by atoms with van der Waals surface area (Å²) >= 11 is 6.27. The van der Waals surface area contributed by atoms with Crippen LogP contribution in [0.4, 0.5) is 5.69 Å². The lowest BCUT2D eigenvalue weighted by atomic mass is 9.80. The Labute approximate surface area is 147 Å². The molecule has 2 aromatic carbocycles. The lowest BCUT2D eigenvalue weighted by molar-refractivity contribution is -0.122. The van der Waals surface area contributed by atoms with E-state index in [2.05, 4.69) is 22.3 Å². The zero-order valence-electron chi connectivity index (χ0n) is 13.5. The van der Waals surface area contributed by atoms with Gasteiger partial charge in [0.25, 0.3) is 0 Å². The predicted octanol–water partition coefficient (Wildman–Crippen LogP) is 4.28. The minimum atomic E-state index is -0.168. The van der Waals surface area contributed by atoms with Crippen LogP contribution in [0.2, 0.25) is 5.02 Å². The summed E-state index contributed by atoms with van der Waals surface area (Å²) in [7, 11) is 0. The maximum Gasteiger partial charge on any atom is 0.242 e. The number of amides is 1. The Morgan fingerprint density at radius 2 is 1.75 bits per heavy atom. The van der Waals surface area contributed by atoms with Gasteiger partial charge in [0, 0.05) is 16.6 Å². The largest absolute Gasteiger partial charge is 0.324 e. The van der Waals surface area contributed by atoms with E-state index in [0.29, 0.717) is 5.02 Å². The number of rotatable bonds is 2. The Kier molecular flexibility index (Phi) is 4.30. The number of nitrogens with one attached hydrogen (secondary N) is 1. The SMILES string of the molecule is O=C1Nc2ccc(Cl)cc2[C@H](c2ccccc2)[C@H]1N1CCCCC1. The van der Waals surface area contributed by atoms with Gasteiger partial charge in [-0.25, -0.2) is 0 Å². The Balaban J connectivity index is 1.83. The van der Waals surface area contributed by atoms with Gasteiger partial charge in [-0.05, 0) is 55.3 Å². The number of benzene rings is 2. The smallest absolute Gasteiger partial charge is 0.242 e. The summed E-state index contributed by atoms with van der Waals surface area (Å²) < 4.78 is 0. The molecule has 1 saturated heterocycles. The van der Waals surface area contributed by atoms with Gasteiger partial charge in [-0.2, -0.15) is 0 Å². The topological polar surface area (TPSA) is 32.3 Å². The third kappa shape index (κ3) is 2.83. The summed E-state index contributed by atoms with van der Waals surface area (Å²) in [4.78, 5) is 15.3. The van der Waals surface area contributed by atoms with Crippen LogP contribution >= 0.6 is 11.6 Å². The van der Waals surface area contributed by atoms with Crippen molar-refractivity contribution in [3.63, 3.8) is 0 Å². The molecule has 0 aliphatic carbocycles. The maximum atomic E-state index is 12.9. The molecule has 0 aromatic heterocycles. The molecule has 3 nitrogen and oxygen atoms in total. The van der Waals surface area contributed by atoms with Crippen LogP contribution in [-0.4, -0.2) is 29.9 Å². The van der Waals surface area contributed by atoms with Crippen LogP contribution in [-0.2, 0) is 4.79 Å². The number of carbonyl (C=O) groups excluding carboxylic acids is 1. The molecule has 1 N–H and O–H groups in total. The monoisotopic (exact) mass is 340 g/mol. The van der Waals surface area contributed by atoms with Crippen LogP contribution in [0.3, 0.4) is 0 Å². The van der Waals surface area contributed by atoms with Gasteiger partial charge in [0.05, 0.1) is 0 Å². The molecule has 0 unspecified atom stereocenters. The molecule has 0 saturated carbocycles. The number of hydrogen-bond acceptors (Lipinski definition) is 2. The Morgan fingerprint density at radius 1 is 1.00 bits per heavy atom. The normalized spacial score (nSPS) is 24.3. The number of carbonyl (C=O) groups is 1. The highest BCUT2D eigenvalue weighted by Gasteiger charge is 2.40. The third-order valence-electron chi connectivity index (χ3n) is 5.13. The molecule has 1 amide bonds. The lowest BCUT2D eigenvalue weighted by Crippen LogP contribution is -2.52. The average molecular weight is 341 g/mol. The first-order chi connectivity index (χ1) is 11.7. The molecular weight excluding hydrogens is 320 g/mol. The van der Waals surface area contributed by atoms with E-state index in [1.54, 1.807) is 0 Å². The summed E-state index contributed by atoms with van der Waals surface area (Å²) in [6.07, 6.45) is 3.57. The molecule has 0 bridgehead atoms. The Hall–Kier alpha value is -1.84. The molecule has 124 valence electrons. The van der Waals surface area contributed by atoms with Crippen molar-refractivity contribution in [2.45, 2.75) is 31.2 Å². The molecule has 2 aliphatic rings. The van der Waals surface area contributed by atoms with E-state index < -0.39 is 0 Å². The van der Waals surface area contributed by atoms with E-state index in [-0.39, 0.29) is 17.9 Å². The molecule has 24 heavy (non-hydrogen) atoms. The van der Waals surface area contributed by atoms with Gasteiger partial charge in [0.2, 0.25) is 5.91 Å². The number of halogens is 1. The first kappa shape index (κ1) is 15.7. The van der Waals surface area contributed by atoms with Gasteiger partial charge in [0.1, 0.15) is 6.04 Å². The number of fused-ring (bicyclic) bond motifs is 1. The molecule has 0 spiro atoms. The number of anilines is 1. The van der Waals surface area contributed by atoms with Crippen LogP contribution in [0.1, 0.15) is 36.3 Å². The summed E-state index contributed by atoms with van der Waals surface area (Å²) in [6.45, 7) is 1.97. The van der Waals surface area contributed by atoms with Crippen molar-refractivity contribution in [1.82, 2.24) is 4.90 Å². The molecule has 2 aromatic rings. The van der Waals surface area contributed by atoms with Crippen molar-refractivity contribution in [3.8, 4) is 0 Å². The van der Waals surface area contributed by atoms with E-state index in [4.69, 9.17) is 11.6 Å². The molecular formula is C20H21ClN2O. The first-order valence-corrected chi connectivity index (χ1v) is 9.01. The highest BCUT2D eigenvalue weighted by atomic mass is 35.5. The summed E-state index contributed by atoms with van der Waals surface area (Å²) in [5, 5.41) is 3.81. The molecule has 0 radical (unpaired) electrons. The highest BCUT2D eigenvalue weighted by Crippen LogP contribution is 2.41. The van der Waals surface area contributed by atoms with Gasteiger partial charge in [0.15, 0.2) is 0 Å². The number of likely N-dealkylation sites (tertiary alicyclic amines) is 1. The fourth-order valence-corrected chi connectivity index (χ4v) is 4.21. The average Bonchev–Trinajstić information content (AvgIpc) is 2.62. The van der Waals surface area contributed by atoms with Crippen LogP contribution in [0.5, 0.6) is 0 Å². The zero-order chi connectivity index (χ0) is 16.5. The van der Waals surface area contributed by atoms with Crippen molar-refractivity contribution in [2.75, 3.05) is 18.4 Å². The Bertz CT molecular complexity index is 741. The molecule has 2 atom stereocenters. The molecule has 4 heteroatoms. The Morgan fingerprint density at radius 3 is 2.50 bits per heavy atom. The molecule has 1 fully saturated rings. The van der Waals surface area contributed by atoms with Gasteiger partial charge in [-0.1, -0.05) is 48.4 Å². The summed E-state index contributed by atoms with van der Waals surface area (Å²) in [5.41, 5.74) is 3.17. The predicted molar refractivity (Wildman–Crippen MR) is 97.6 cm³/mol. The van der Waals surface area contributed by atoms with E-state index in [9.17, 15) is 4.79 Å². The number of nitrogens with zero attached hydrogens (tertiary/aromatic N) is 1. The van der Waals surface area contributed by atoms with Crippen molar-refractivity contribution in [2.24, 2.45) is 0 Å².